The Morgan fingerprint density at radius 3 is 2.79 bits per heavy atom. The maximum atomic E-state index is 12.7. The lowest BCUT2D eigenvalue weighted by atomic mass is 9.85. The van der Waals surface area contributed by atoms with Gasteiger partial charge >= 0.3 is 6.18 Å². The Morgan fingerprint density at radius 2 is 2.11 bits per heavy atom. The number of pyridine rings is 1. The van der Waals surface area contributed by atoms with Crippen molar-refractivity contribution in [1.29, 1.82) is 0 Å². The van der Waals surface area contributed by atoms with Crippen molar-refractivity contribution < 1.29 is 13.2 Å². The third kappa shape index (κ3) is 4.20. The summed E-state index contributed by atoms with van der Waals surface area (Å²) in [5.41, 5.74) is 1.81. The van der Waals surface area contributed by atoms with Gasteiger partial charge in [-0.3, -0.25) is 4.98 Å². The molecule has 1 heterocycles. The highest BCUT2D eigenvalue weighted by molar-refractivity contribution is 5.09. The summed E-state index contributed by atoms with van der Waals surface area (Å²) in [6, 6.07) is 5.66. The first-order valence-corrected chi connectivity index (χ1v) is 6.68. The predicted octanol–water partition coefficient (Wildman–Crippen LogP) is 3.60. The fourth-order valence-corrected chi connectivity index (χ4v) is 2.62. The SMILES string of the molecule is Cc1cccc(CNC2CCCC(C(F)(F)F)C2)n1. The van der Waals surface area contributed by atoms with Gasteiger partial charge in [0.25, 0.3) is 0 Å². The molecule has 1 aromatic heterocycles. The van der Waals surface area contributed by atoms with Gasteiger partial charge in [-0.15, -0.1) is 0 Å². The molecule has 1 aliphatic rings. The summed E-state index contributed by atoms with van der Waals surface area (Å²) in [7, 11) is 0. The minimum atomic E-state index is -4.05. The molecular weight excluding hydrogens is 253 g/mol. The van der Waals surface area contributed by atoms with Crippen molar-refractivity contribution in [1.82, 2.24) is 10.3 Å². The average molecular weight is 272 g/mol. The van der Waals surface area contributed by atoms with Gasteiger partial charge in [0.05, 0.1) is 11.6 Å². The zero-order valence-corrected chi connectivity index (χ0v) is 11.0. The summed E-state index contributed by atoms with van der Waals surface area (Å²) in [4.78, 5) is 4.34. The lowest BCUT2D eigenvalue weighted by Crippen LogP contribution is -2.38. The number of hydrogen-bond acceptors (Lipinski definition) is 2. The van der Waals surface area contributed by atoms with Crippen molar-refractivity contribution >= 4 is 0 Å². The van der Waals surface area contributed by atoms with Gasteiger partial charge in [-0.25, -0.2) is 0 Å². The zero-order valence-electron chi connectivity index (χ0n) is 11.0. The molecule has 0 radical (unpaired) electrons. The van der Waals surface area contributed by atoms with E-state index in [0.717, 1.165) is 17.8 Å². The Morgan fingerprint density at radius 1 is 1.32 bits per heavy atom. The molecule has 0 aromatic carbocycles. The van der Waals surface area contributed by atoms with Crippen LogP contribution in [-0.2, 0) is 6.54 Å². The molecule has 2 unspecified atom stereocenters. The minimum absolute atomic E-state index is 0.0531. The Hall–Kier alpha value is -1.10. The van der Waals surface area contributed by atoms with Crippen molar-refractivity contribution in [3.8, 4) is 0 Å². The van der Waals surface area contributed by atoms with Crippen LogP contribution in [-0.4, -0.2) is 17.2 Å². The van der Waals surface area contributed by atoms with E-state index in [2.05, 4.69) is 10.3 Å². The van der Waals surface area contributed by atoms with E-state index in [-0.39, 0.29) is 18.9 Å². The van der Waals surface area contributed by atoms with Gasteiger partial charge in [-0.1, -0.05) is 12.5 Å². The number of aromatic nitrogens is 1. The monoisotopic (exact) mass is 272 g/mol. The van der Waals surface area contributed by atoms with E-state index >= 15 is 0 Å². The standard InChI is InChI=1S/C14H19F3N2/c1-10-4-2-7-13(19-10)9-18-12-6-3-5-11(8-12)14(15,16)17/h2,4,7,11-12,18H,3,5-6,8-9H2,1H3. The van der Waals surface area contributed by atoms with Gasteiger partial charge in [0.15, 0.2) is 0 Å². The molecule has 1 aliphatic carbocycles. The number of rotatable bonds is 3. The van der Waals surface area contributed by atoms with Crippen LogP contribution in [0.1, 0.15) is 37.1 Å². The van der Waals surface area contributed by atoms with E-state index in [4.69, 9.17) is 0 Å². The fraction of sp³-hybridized carbons (Fsp3) is 0.643. The quantitative estimate of drug-likeness (QED) is 0.909. The van der Waals surface area contributed by atoms with E-state index in [1.165, 1.54) is 0 Å². The Bertz CT molecular complexity index is 417. The molecule has 1 N–H and O–H groups in total. The minimum Gasteiger partial charge on any atom is -0.308 e. The topological polar surface area (TPSA) is 24.9 Å². The van der Waals surface area contributed by atoms with E-state index in [9.17, 15) is 13.2 Å². The summed E-state index contributed by atoms with van der Waals surface area (Å²) in [5, 5.41) is 3.20. The molecule has 19 heavy (non-hydrogen) atoms. The summed E-state index contributed by atoms with van der Waals surface area (Å²) < 4.78 is 38.1. The van der Waals surface area contributed by atoms with E-state index < -0.39 is 12.1 Å². The maximum absolute atomic E-state index is 12.7. The molecule has 0 spiro atoms. The van der Waals surface area contributed by atoms with Gasteiger partial charge in [0.1, 0.15) is 0 Å². The van der Waals surface area contributed by atoms with Crippen LogP contribution in [0.3, 0.4) is 0 Å². The molecule has 1 aromatic rings. The number of halogens is 3. The number of alkyl halides is 3. The van der Waals surface area contributed by atoms with Crippen LogP contribution in [0.5, 0.6) is 0 Å². The summed E-state index contributed by atoms with van der Waals surface area (Å²) in [6.45, 7) is 2.45. The van der Waals surface area contributed by atoms with Crippen molar-refractivity contribution in [2.75, 3.05) is 0 Å². The molecule has 1 fully saturated rings. The van der Waals surface area contributed by atoms with Gasteiger partial charge in [0, 0.05) is 18.3 Å². The zero-order chi connectivity index (χ0) is 13.9. The van der Waals surface area contributed by atoms with E-state index in [1.807, 2.05) is 25.1 Å². The van der Waals surface area contributed by atoms with Crippen molar-refractivity contribution in [2.24, 2.45) is 5.92 Å². The molecule has 2 atom stereocenters. The van der Waals surface area contributed by atoms with Crippen molar-refractivity contribution in [3.05, 3.63) is 29.6 Å². The van der Waals surface area contributed by atoms with Crippen LogP contribution in [0.15, 0.2) is 18.2 Å². The van der Waals surface area contributed by atoms with Crippen LogP contribution in [0.4, 0.5) is 13.2 Å². The number of nitrogens with zero attached hydrogens (tertiary/aromatic N) is 1. The molecule has 0 bridgehead atoms. The van der Waals surface area contributed by atoms with E-state index in [0.29, 0.717) is 13.0 Å². The van der Waals surface area contributed by atoms with Crippen LogP contribution < -0.4 is 5.32 Å². The Kier molecular flexibility index (Phi) is 4.45. The lowest BCUT2D eigenvalue weighted by molar-refractivity contribution is -0.183. The first-order chi connectivity index (χ1) is 8.95. The number of hydrogen-bond donors (Lipinski definition) is 1. The lowest BCUT2D eigenvalue weighted by Gasteiger charge is -2.31. The Balaban J connectivity index is 1.86. The molecule has 0 aliphatic heterocycles. The summed E-state index contributed by atoms with van der Waals surface area (Å²) in [5.74, 6) is -1.15. The van der Waals surface area contributed by atoms with Gasteiger partial charge in [-0.05, 0) is 38.3 Å². The van der Waals surface area contributed by atoms with Crippen LogP contribution in [0.2, 0.25) is 0 Å². The molecule has 2 rings (SSSR count). The molecule has 0 saturated heterocycles. The summed E-state index contributed by atoms with van der Waals surface area (Å²) in [6.07, 6.45) is -2.14. The third-order valence-corrected chi connectivity index (χ3v) is 3.65. The molecular formula is C14H19F3N2. The normalized spacial score (nSPS) is 24.4. The van der Waals surface area contributed by atoms with Crippen LogP contribution >= 0.6 is 0 Å². The van der Waals surface area contributed by atoms with Crippen molar-refractivity contribution in [2.45, 2.75) is 51.4 Å². The Labute approximate surface area is 111 Å². The molecule has 1 saturated carbocycles. The highest BCUT2D eigenvalue weighted by atomic mass is 19.4. The van der Waals surface area contributed by atoms with Crippen LogP contribution in [0.25, 0.3) is 0 Å². The second-order valence-electron chi connectivity index (χ2n) is 5.25. The largest absolute Gasteiger partial charge is 0.391 e. The fourth-order valence-electron chi connectivity index (χ4n) is 2.62. The summed E-state index contributed by atoms with van der Waals surface area (Å²) >= 11 is 0. The first kappa shape index (κ1) is 14.3. The van der Waals surface area contributed by atoms with Gasteiger partial charge in [0.2, 0.25) is 0 Å². The highest BCUT2D eigenvalue weighted by Crippen LogP contribution is 2.37. The van der Waals surface area contributed by atoms with E-state index in [1.54, 1.807) is 0 Å². The second kappa shape index (κ2) is 5.90. The average Bonchev–Trinajstić information content (AvgIpc) is 2.36. The number of aryl methyl sites for hydroxylation is 1. The third-order valence-electron chi connectivity index (χ3n) is 3.65. The van der Waals surface area contributed by atoms with Crippen molar-refractivity contribution in [3.63, 3.8) is 0 Å². The predicted molar refractivity (Wildman–Crippen MR) is 67.6 cm³/mol. The molecule has 5 heteroatoms. The molecule has 2 nitrogen and oxygen atoms in total. The number of nitrogens with one attached hydrogen (secondary N) is 1. The molecule has 0 amide bonds. The maximum Gasteiger partial charge on any atom is 0.391 e. The van der Waals surface area contributed by atoms with Gasteiger partial charge < -0.3 is 5.32 Å². The van der Waals surface area contributed by atoms with Gasteiger partial charge in [-0.2, -0.15) is 13.2 Å². The second-order valence-corrected chi connectivity index (χ2v) is 5.25. The smallest absolute Gasteiger partial charge is 0.308 e. The van der Waals surface area contributed by atoms with Crippen LogP contribution in [0, 0.1) is 12.8 Å². The highest BCUT2D eigenvalue weighted by Gasteiger charge is 2.41. The first-order valence-electron chi connectivity index (χ1n) is 6.68. The molecule has 106 valence electrons.